The van der Waals surface area contributed by atoms with Crippen LogP contribution in [0, 0.1) is 13.8 Å². The normalized spacial score (nSPS) is 12.5. The molecule has 0 aliphatic carbocycles. The monoisotopic (exact) mass is 720 g/mol. The minimum absolute atomic E-state index is 0.338. The largest absolute Gasteiger partial charge is 0.307 e. The average Bonchev–Trinajstić information content (AvgIpc) is 3.72. The summed E-state index contributed by atoms with van der Waals surface area (Å²) in [7, 11) is 0. The fraction of sp³-hybridized carbons (Fsp3) is 0.0385. The summed E-state index contributed by atoms with van der Waals surface area (Å²) >= 11 is 0. The number of nitrogens with zero attached hydrogens (tertiary/aromatic N) is 2. The van der Waals surface area contributed by atoms with E-state index in [0.29, 0.717) is 22.5 Å². The molecule has 0 spiro atoms. The predicted octanol–water partition coefficient (Wildman–Crippen LogP) is 12.9. The summed E-state index contributed by atoms with van der Waals surface area (Å²) in [5.41, 5.74) is 14.3. The highest BCUT2D eigenvalue weighted by atomic mass is 16.2. The van der Waals surface area contributed by atoms with Gasteiger partial charge < -0.3 is 4.57 Å². The number of rotatable bonds is 6. The number of fused-ring (bicyclic) bond motifs is 4. The van der Waals surface area contributed by atoms with E-state index in [1.165, 1.54) is 16.0 Å². The smallest absolute Gasteiger partial charge is 0.268 e. The standard InChI is InChI=1S/C52H36N2O2/c1-33-22-26-37(27-23-33)40-16-9-18-42-43-19-10-17-41(38-28-24-34(2)25-29-38)50(43)53(49(40)42)47-21-11-20-44-48(47)52(56)54(51(44)55)46-31-30-39(35-12-5-3-6-13-35)32-45(46)36-14-7-4-8-15-36/h3-32H,1-2H3. The molecule has 2 heterocycles. The Hall–Kier alpha value is -7.30. The van der Waals surface area contributed by atoms with Gasteiger partial charge in [-0.2, -0.15) is 0 Å². The van der Waals surface area contributed by atoms with Crippen LogP contribution in [-0.4, -0.2) is 16.4 Å². The SMILES string of the molecule is Cc1ccc(-c2cccc3c4cccc(-c5ccc(C)cc5)c4n(-c4cccc5c4C(=O)N(c4ccc(-c6ccccc6)cc4-c4ccccc4)C5=O)c23)cc1. The Morgan fingerprint density at radius 2 is 0.839 bits per heavy atom. The Kier molecular flexibility index (Phi) is 7.86. The molecule has 0 bridgehead atoms. The molecular weight excluding hydrogens is 685 g/mol. The van der Waals surface area contributed by atoms with Crippen molar-refractivity contribution >= 4 is 39.3 Å². The Balaban J connectivity index is 1.24. The lowest BCUT2D eigenvalue weighted by Gasteiger charge is -2.20. The van der Waals surface area contributed by atoms with Gasteiger partial charge in [0.2, 0.25) is 0 Å². The first-order chi connectivity index (χ1) is 27.5. The third-order valence-electron chi connectivity index (χ3n) is 11.1. The molecule has 0 unspecified atom stereocenters. The van der Waals surface area contributed by atoms with E-state index in [4.69, 9.17) is 0 Å². The molecule has 1 aliphatic heterocycles. The molecule has 266 valence electrons. The van der Waals surface area contributed by atoms with Crippen molar-refractivity contribution < 1.29 is 9.59 Å². The number of carbonyl (C=O) groups excluding carboxylic acids is 2. The van der Waals surface area contributed by atoms with Gasteiger partial charge >= 0.3 is 0 Å². The van der Waals surface area contributed by atoms with Crippen molar-refractivity contribution in [3.63, 3.8) is 0 Å². The van der Waals surface area contributed by atoms with Crippen LogP contribution in [0.5, 0.6) is 0 Å². The number of hydrogen-bond donors (Lipinski definition) is 0. The fourth-order valence-electron chi connectivity index (χ4n) is 8.35. The number of anilines is 1. The Morgan fingerprint density at radius 3 is 1.41 bits per heavy atom. The second kappa shape index (κ2) is 13.2. The van der Waals surface area contributed by atoms with Gasteiger partial charge in [0.15, 0.2) is 0 Å². The quantitative estimate of drug-likeness (QED) is 0.161. The molecule has 4 nitrogen and oxygen atoms in total. The zero-order valence-electron chi connectivity index (χ0n) is 31.0. The van der Waals surface area contributed by atoms with E-state index in [0.717, 1.165) is 66.3 Å². The van der Waals surface area contributed by atoms with Crippen molar-refractivity contribution in [3.05, 3.63) is 204 Å². The maximum atomic E-state index is 15.2. The molecule has 9 aromatic rings. The number of aromatic nitrogens is 1. The summed E-state index contributed by atoms with van der Waals surface area (Å²) in [5, 5.41) is 2.14. The molecule has 0 saturated carbocycles. The summed E-state index contributed by atoms with van der Waals surface area (Å²) in [6.45, 7) is 4.19. The number of aryl methyl sites for hydroxylation is 2. The van der Waals surface area contributed by atoms with Crippen molar-refractivity contribution in [3.8, 4) is 50.2 Å². The number of hydrogen-bond acceptors (Lipinski definition) is 2. The van der Waals surface area contributed by atoms with E-state index in [1.54, 1.807) is 6.07 Å². The number of amides is 2. The summed E-state index contributed by atoms with van der Waals surface area (Å²) < 4.78 is 2.24. The van der Waals surface area contributed by atoms with Crippen molar-refractivity contribution in [1.29, 1.82) is 0 Å². The van der Waals surface area contributed by atoms with Gasteiger partial charge in [0, 0.05) is 27.5 Å². The zero-order valence-corrected chi connectivity index (χ0v) is 31.0. The topological polar surface area (TPSA) is 42.3 Å². The van der Waals surface area contributed by atoms with Gasteiger partial charge in [0.05, 0.1) is 33.5 Å². The Bertz CT molecular complexity index is 2890. The first-order valence-corrected chi connectivity index (χ1v) is 18.9. The molecule has 1 aromatic heterocycles. The van der Waals surface area contributed by atoms with Crippen LogP contribution in [0.1, 0.15) is 31.8 Å². The zero-order chi connectivity index (χ0) is 37.9. The molecule has 0 N–H and O–H groups in total. The maximum absolute atomic E-state index is 15.2. The Labute approximate surface area is 325 Å². The number of benzene rings is 8. The van der Waals surface area contributed by atoms with Crippen LogP contribution in [0.2, 0.25) is 0 Å². The summed E-state index contributed by atoms with van der Waals surface area (Å²) in [6, 6.07) is 61.8. The van der Waals surface area contributed by atoms with E-state index in [2.05, 4.69) is 122 Å². The van der Waals surface area contributed by atoms with E-state index in [9.17, 15) is 4.79 Å². The van der Waals surface area contributed by atoms with Gasteiger partial charge in [-0.3, -0.25) is 9.59 Å². The third kappa shape index (κ3) is 5.30. The van der Waals surface area contributed by atoms with Gasteiger partial charge in [-0.05, 0) is 65.9 Å². The highest BCUT2D eigenvalue weighted by Crippen LogP contribution is 2.45. The van der Waals surface area contributed by atoms with Crippen molar-refractivity contribution in [2.75, 3.05) is 4.90 Å². The maximum Gasteiger partial charge on any atom is 0.268 e. The van der Waals surface area contributed by atoms with Crippen molar-refractivity contribution in [2.24, 2.45) is 0 Å². The lowest BCUT2D eigenvalue weighted by atomic mass is 9.97. The number of carbonyl (C=O) groups is 2. The molecule has 0 radical (unpaired) electrons. The van der Waals surface area contributed by atoms with Gasteiger partial charge in [-0.1, -0.05) is 169 Å². The third-order valence-corrected chi connectivity index (χ3v) is 11.1. The second-order valence-corrected chi connectivity index (χ2v) is 14.6. The van der Waals surface area contributed by atoms with Gasteiger partial charge in [-0.25, -0.2) is 4.90 Å². The highest BCUT2D eigenvalue weighted by Gasteiger charge is 2.40. The number of imide groups is 1. The predicted molar refractivity (Wildman–Crippen MR) is 230 cm³/mol. The van der Waals surface area contributed by atoms with E-state index >= 15 is 4.79 Å². The minimum atomic E-state index is -0.346. The highest BCUT2D eigenvalue weighted by molar-refractivity contribution is 6.36. The Morgan fingerprint density at radius 1 is 0.357 bits per heavy atom. The first kappa shape index (κ1) is 33.3. The molecule has 0 atom stereocenters. The van der Waals surface area contributed by atoms with Crippen molar-refractivity contribution in [1.82, 2.24) is 4.57 Å². The van der Waals surface area contributed by atoms with Crippen LogP contribution in [0.3, 0.4) is 0 Å². The average molecular weight is 721 g/mol. The van der Waals surface area contributed by atoms with Gasteiger partial charge in [0.25, 0.3) is 11.8 Å². The minimum Gasteiger partial charge on any atom is -0.307 e. The van der Waals surface area contributed by atoms with Crippen LogP contribution in [0.25, 0.3) is 72.0 Å². The van der Waals surface area contributed by atoms with Crippen LogP contribution in [-0.2, 0) is 0 Å². The van der Waals surface area contributed by atoms with E-state index in [1.807, 2.05) is 72.8 Å². The molecule has 8 aromatic carbocycles. The molecule has 4 heteroatoms. The lowest BCUT2D eigenvalue weighted by Crippen LogP contribution is -2.30. The lowest BCUT2D eigenvalue weighted by molar-refractivity contribution is 0.0926. The van der Waals surface area contributed by atoms with Crippen LogP contribution >= 0.6 is 0 Å². The fourth-order valence-corrected chi connectivity index (χ4v) is 8.35. The molecule has 10 rings (SSSR count). The van der Waals surface area contributed by atoms with Gasteiger partial charge in [0.1, 0.15) is 0 Å². The van der Waals surface area contributed by atoms with Crippen LogP contribution in [0.15, 0.2) is 182 Å². The van der Waals surface area contributed by atoms with Crippen LogP contribution < -0.4 is 4.90 Å². The first-order valence-electron chi connectivity index (χ1n) is 18.9. The molecule has 0 saturated heterocycles. The summed E-state index contributed by atoms with van der Waals surface area (Å²) in [4.78, 5) is 31.3. The van der Waals surface area contributed by atoms with Crippen LogP contribution in [0.4, 0.5) is 5.69 Å². The van der Waals surface area contributed by atoms with Gasteiger partial charge in [-0.15, -0.1) is 0 Å². The summed E-state index contributed by atoms with van der Waals surface area (Å²) in [6.07, 6.45) is 0. The second-order valence-electron chi connectivity index (χ2n) is 14.6. The van der Waals surface area contributed by atoms with E-state index < -0.39 is 0 Å². The molecule has 0 fully saturated rings. The molecular formula is C52H36N2O2. The molecule has 1 aliphatic rings. The summed E-state index contributed by atoms with van der Waals surface area (Å²) in [5.74, 6) is -0.685. The number of para-hydroxylation sites is 2. The molecule has 56 heavy (non-hydrogen) atoms. The van der Waals surface area contributed by atoms with E-state index in [-0.39, 0.29) is 11.8 Å². The molecule has 2 amide bonds. The van der Waals surface area contributed by atoms with Crippen molar-refractivity contribution in [2.45, 2.75) is 13.8 Å².